The van der Waals surface area contributed by atoms with E-state index in [4.69, 9.17) is 4.74 Å². The highest BCUT2D eigenvalue weighted by Gasteiger charge is 2.35. The van der Waals surface area contributed by atoms with Gasteiger partial charge in [0.1, 0.15) is 0 Å². The third-order valence-corrected chi connectivity index (χ3v) is 7.19. The highest BCUT2D eigenvalue weighted by atomic mass is 32.2. The number of hydrogen-bond donors (Lipinski definition) is 2. The van der Waals surface area contributed by atoms with Gasteiger partial charge in [0.05, 0.1) is 28.7 Å². The van der Waals surface area contributed by atoms with E-state index in [1.807, 2.05) is 57.7 Å². The molecule has 2 N–H and O–H groups in total. The number of fused-ring (bicyclic) bond motifs is 1. The Kier molecular flexibility index (Phi) is 6.42. The molecule has 3 aromatic rings. The van der Waals surface area contributed by atoms with Crippen molar-refractivity contribution in [3.05, 3.63) is 51.7 Å². The van der Waals surface area contributed by atoms with E-state index >= 15 is 0 Å². The monoisotopic (exact) mass is 469 g/mol. The smallest absolute Gasteiger partial charge is 0.339 e. The summed E-state index contributed by atoms with van der Waals surface area (Å²) in [6.07, 6.45) is 2.24. The number of rotatable bonds is 5. The zero-order chi connectivity index (χ0) is 23.9. The summed E-state index contributed by atoms with van der Waals surface area (Å²) in [4.78, 5) is 33.5. The van der Waals surface area contributed by atoms with Crippen LogP contribution in [0.2, 0.25) is 0 Å². The highest BCUT2D eigenvalue weighted by molar-refractivity contribution is 7.99. The molecule has 1 atom stereocenters. The number of aromatic nitrogens is 3. The van der Waals surface area contributed by atoms with E-state index in [0.717, 1.165) is 46.6 Å². The van der Waals surface area contributed by atoms with Gasteiger partial charge in [-0.1, -0.05) is 6.07 Å². The van der Waals surface area contributed by atoms with E-state index < -0.39 is 17.7 Å². The number of ether oxygens (including phenoxy) is 1. The van der Waals surface area contributed by atoms with E-state index in [9.17, 15) is 14.7 Å². The summed E-state index contributed by atoms with van der Waals surface area (Å²) in [6.45, 7) is 9.15. The number of benzene rings is 1. The number of carboxylic acids is 1. The summed E-state index contributed by atoms with van der Waals surface area (Å²) < 4.78 is 8.11. The molecule has 0 spiro atoms. The molecular formula is C25H31N3O4S. The maximum atomic E-state index is 13.7. The molecule has 8 heteroatoms. The minimum absolute atomic E-state index is 0.112. The number of aromatic amines is 1. The quantitative estimate of drug-likeness (QED) is 0.545. The molecular weight excluding hydrogens is 438 g/mol. The molecule has 4 rings (SSSR count). The number of thioether (sulfide) groups is 1. The molecule has 1 aliphatic rings. The van der Waals surface area contributed by atoms with Crippen LogP contribution in [0.4, 0.5) is 0 Å². The van der Waals surface area contributed by atoms with Crippen LogP contribution >= 0.6 is 11.8 Å². The van der Waals surface area contributed by atoms with Crippen molar-refractivity contribution in [2.75, 3.05) is 11.5 Å². The van der Waals surface area contributed by atoms with Crippen molar-refractivity contribution < 1.29 is 14.6 Å². The largest absolute Gasteiger partial charge is 0.479 e. The lowest BCUT2D eigenvalue weighted by Gasteiger charge is -2.35. The van der Waals surface area contributed by atoms with Crippen molar-refractivity contribution >= 4 is 28.8 Å². The number of carboxylic acid groups (broad SMARTS) is 1. The van der Waals surface area contributed by atoms with Gasteiger partial charge >= 0.3 is 5.97 Å². The summed E-state index contributed by atoms with van der Waals surface area (Å²) in [5.74, 6) is 0.918. The van der Waals surface area contributed by atoms with Crippen molar-refractivity contribution in [2.45, 2.75) is 65.2 Å². The third-order valence-electron chi connectivity index (χ3n) is 6.14. The van der Waals surface area contributed by atoms with Crippen molar-refractivity contribution in [1.82, 2.24) is 14.5 Å². The average Bonchev–Trinajstić information content (AvgIpc) is 3.22. The minimum Gasteiger partial charge on any atom is -0.479 e. The maximum Gasteiger partial charge on any atom is 0.339 e. The second kappa shape index (κ2) is 8.99. The normalized spacial score (nSPS) is 16.3. The summed E-state index contributed by atoms with van der Waals surface area (Å²) in [5, 5.41) is 10.1. The molecule has 0 amide bonds. The second-order valence-corrected chi connectivity index (χ2v) is 10.8. The maximum absolute atomic E-state index is 13.7. The fourth-order valence-electron chi connectivity index (χ4n) is 4.69. The van der Waals surface area contributed by atoms with Crippen LogP contribution < -0.4 is 5.43 Å². The first-order valence-electron chi connectivity index (χ1n) is 11.3. The Morgan fingerprint density at radius 1 is 1.27 bits per heavy atom. The van der Waals surface area contributed by atoms with Crippen molar-refractivity contribution in [1.29, 1.82) is 0 Å². The van der Waals surface area contributed by atoms with Gasteiger partial charge in [-0.2, -0.15) is 11.8 Å². The lowest BCUT2D eigenvalue weighted by molar-refractivity contribution is -0.161. The first-order valence-corrected chi connectivity index (χ1v) is 12.4. The van der Waals surface area contributed by atoms with Crippen molar-refractivity contribution in [3.63, 3.8) is 0 Å². The van der Waals surface area contributed by atoms with Gasteiger partial charge in [-0.3, -0.25) is 4.79 Å². The zero-order valence-corrected chi connectivity index (χ0v) is 20.6. The minimum atomic E-state index is -1.23. The number of aliphatic carboxylic acids is 1. The molecule has 3 heterocycles. The molecule has 1 fully saturated rings. The van der Waals surface area contributed by atoms with E-state index in [1.54, 1.807) is 13.3 Å². The highest BCUT2D eigenvalue weighted by Crippen LogP contribution is 2.37. The number of nitrogens with one attached hydrogen (secondary N) is 1. The Balaban J connectivity index is 2.00. The fourth-order valence-corrected chi connectivity index (χ4v) is 5.78. The molecule has 1 aromatic carbocycles. The Hall–Kier alpha value is -2.58. The van der Waals surface area contributed by atoms with Crippen LogP contribution in [0.25, 0.3) is 22.2 Å². The standard InChI is InChI=1S/C25H31N3O4S/c1-14-21(23(24(30)31)32-25(3,4)5)28(17-8-10-33-11-9-17)15(2)20(22(14)29)16-6-7-18-19(12-16)27-13-26-18/h6-7,12-13,17,23H,8-11H2,1-5H3,(H,26,27)(H,30,31). The summed E-state index contributed by atoms with van der Waals surface area (Å²) in [7, 11) is 0. The number of nitrogens with zero attached hydrogens (tertiary/aromatic N) is 2. The Labute approximate surface area is 197 Å². The predicted octanol–water partition coefficient (Wildman–Crippen LogP) is 5.02. The lowest BCUT2D eigenvalue weighted by Crippen LogP contribution is -2.35. The lowest BCUT2D eigenvalue weighted by atomic mass is 9.95. The van der Waals surface area contributed by atoms with Gasteiger partial charge in [0.2, 0.25) is 0 Å². The number of hydrogen-bond acceptors (Lipinski definition) is 5. The topological polar surface area (TPSA) is 97.2 Å². The van der Waals surface area contributed by atoms with Crippen molar-refractivity contribution in [3.8, 4) is 11.1 Å². The van der Waals surface area contributed by atoms with E-state index in [2.05, 4.69) is 14.5 Å². The molecule has 1 saturated heterocycles. The summed E-state index contributed by atoms with van der Waals surface area (Å²) in [6, 6.07) is 5.86. The van der Waals surface area contributed by atoms with E-state index in [0.29, 0.717) is 16.8 Å². The van der Waals surface area contributed by atoms with Gasteiger partial charge in [-0.05, 0) is 76.7 Å². The van der Waals surface area contributed by atoms with Crippen LogP contribution in [0.5, 0.6) is 0 Å². The Bertz CT molecular complexity index is 1250. The number of carbonyl (C=O) groups is 1. The number of H-pyrrole nitrogens is 1. The fraction of sp³-hybridized carbons (Fsp3) is 0.480. The predicted molar refractivity (Wildman–Crippen MR) is 132 cm³/mol. The second-order valence-electron chi connectivity index (χ2n) is 9.60. The van der Waals surface area contributed by atoms with Crippen LogP contribution in [0.1, 0.15) is 62.7 Å². The molecule has 33 heavy (non-hydrogen) atoms. The SMILES string of the molecule is Cc1c(C(OC(C)(C)C)C(=O)O)n(C2CCSCC2)c(C)c(-c2ccc3nc[nH]c3c2)c1=O. The first kappa shape index (κ1) is 23.6. The molecule has 2 aromatic heterocycles. The number of pyridine rings is 1. The third kappa shape index (κ3) is 4.59. The first-order chi connectivity index (χ1) is 15.6. The van der Waals surface area contributed by atoms with Gasteiger partial charge in [-0.25, -0.2) is 9.78 Å². The van der Waals surface area contributed by atoms with Crippen LogP contribution in [-0.2, 0) is 9.53 Å². The molecule has 176 valence electrons. The molecule has 7 nitrogen and oxygen atoms in total. The molecule has 0 radical (unpaired) electrons. The van der Waals surface area contributed by atoms with Gasteiger partial charge in [0.15, 0.2) is 11.5 Å². The van der Waals surface area contributed by atoms with Crippen LogP contribution in [-0.4, -0.2) is 42.7 Å². The van der Waals surface area contributed by atoms with E-state index in [-0.39, 0.29) is 11.5 Å². The zero-order valence-electron chi connectivity index (χ0n) is 19.8. The van der Waals surface area contributed by atoms with Gasteiger partial charge in [0, 0.05) is 22.9 Å². The summed E-state index contributed by atoms with van der Waals surface area (Å²) >= 11 is 1.91. The van der Waals surface area contributed by atoms with Gasteiger partial charge < -0.3 is 19.4 Å². The number of imidazole rings is 1. The Morgan fingerprint density at radius 3 is 2.61 bits per heavy atom. The molecule has 0 saturated carbocycles. The summed E-state index contributed by atoms with van der Waals surface area (Å²) in [5.41, 5.74) is 3.91. The molecule has 1 unspecified atom stereocenters. The van der Waals surface area contributed by atoms with Crippen molar-refractivity contribution in [2.24, 2.45) is 0 Å². The Morgan fingerprint density at radius 2 is 1.97 bits per heavy atom. The van der Waals surface area contributed by atoms with Gasteiger partial charge in [-0.15, -0.1) is 0 Å². The average molecular weight is 470 g/mol. The van der Waals surface area contributed by atoms with Gasteiger partial charge in [0.25, 0.3) is 0 Å². The van der Waals surface area contributed by atoms with Crippen LogP contribution in [0, 0.1) is 13.8 Å². The van der Waals surface area contributed by atoms with E-state index in [1.165, 1.54) is 0 Å². The molecule has 0 bridgehead atoms. The molecule has 0 aliphatic carbocycles. The van der Waals surface area contributed by atoms with Crippen LogP contribution in [0.15, 0.2) is 29.3 Å². The molecule has 1 aliphatic heterocycles. The van der Waals surface area contributed by atoms with Crippen LogP contribution in [0.3, 0.4) is 0 Å².